The summed E-state index contributed by atoms with van der Waals surface area (Å²) >= 11 is 1.88. The van der Waals surface area contributed by atoms with Gasteiger partial charge >= 0.3 is 0 Å². The Kier molecular flexibility index (Phi) is 1.16. The molecule has 2 unspecified atom stereocenters. The summed E-state index contributed by atoms with van der Waals surface area (Å²) in [6.07, 6.45) is 0. The Morgan fingerprint density at radius 2 is 2.60 bits per heavy atom. The second-order valence-corrected chi connectivity index (χ2v) is 3.89. The van der Waals surface area contributed by atoms with Crippen LogP contribution in [0.15, 0.2) is 12.4 Å². The average Bonchev–Trinajstić information content (AvgIpc) is 2.20. The maximum atomic E-state index is 6.00. The molecule has 4 heteroatoms. The molecule has 2 atom stereocenters. The van der Waals surface area contributed by atoms with E-state index in [-0.39, 0.29) is 5.66 Å². The molecule has 2 heterocycles. The van der Waals surface area contributed by atoms with Crippen molar-refractivity contribution in [2.75, 3.05) is 11.5 Å². The third-order valence-corrected chi connectivity index (χ3v) is 3.23. The monoisotopic (exact) mass is 157 g/mol. The van der Waals surface area contributed by atoms with Crippen molar-refractivity contribution < 1.29 is 0 Å². The van der Waals surface area contributed by atoms with Crippen molar-refractivity contribution in [1.82, 2.24) is 10.6 Å². The lowest BCUT2D eigenvalue weighted by Crippen LogP contribution is -2.56. The van der Waals surface area contributed by atoms with E-state index in [9.17, 15) is 0 Å². The normalized spacial score (nSPS) is 44.5. The lowest BCUT2D eigenvalue weighted by Gasteiger charge is -2.21. The Balaban J connectivity index is 2.22. The smallest absolute Gasteiger partial charge is 0.117 e. The van der Waals surface area contributed by atoms with Crippen LogP contribution in [0.5, 0.6) is 0 Å². The van der Waals surface area contributed by atoms with Gasteiger partial charge < -0.3 is 16.4 Å². The predicted molar refractivity (Wildman–Crippen MR) is 43.4 cm³/mol. The number of nitrogens with one attached hydrogen (secondary N) is 2. The van der Waals surface area contributed by atoms with Gasteiger partial charge in [-0.1, -0.05) is 6.58 Å². The number of fused-ring (bicyclic) bond motifs is 1. The third kappa shape index (κ3) is 0.722. The number of rotatable bonds is 0. The summed E-state index contributed by atoms with van der Waals surface area (Å²) in [6, 6.07) is 0.380. The molecule has 10 heavy (non-hydrogen) atoms. The zero-order chi connectivity index (χ0) is 7.19. The molecule has 0 aliphatic carbocycles. The minimum atomic E-state index is -0.220. The van der Waals surface area contributed by atoms with E-state index in [1.165, 1.54) is 0 Å². The van der Waals surface area contributed by atoms with Gasteiger partial charge in [0.05, 0.1) is 11.9 Å². The molecule has 2 rings (SSSR count). The molecule has 4 N–H and O–H groups in total. The fourth-order valence-corrected chi connectivity index (χ4v) is 2.76. The predicted octanol–water partition coefficient (Wildman–Crippen LogP) is -0.579. The standard InChI is InChI=1S/C6H11N3S/c1-4-8-5-2-10-3-6(5,7)9-4/h5,8-9H,1-3,7H2. The van der Waals surface area contributed by atoms with E-state index in [1.54, 1.807) is 0 Å². The first-order valence-electron chi connectivity index (χ1n) is 3.31. The molecule has 3 nitrogen and oxygen atoms in total. The number of thioether (sulfide) groups is 1. The summed E-state index contributed by atoms with van der Waals surface area (Å²) in [5.74, 6) is 2.93. The highest BCUT2D eigenvalue weighted by Gasteiger charge is 2.44. The van der Waals surface area contributed by atoms with Crippen LogP contribution in [0.25, 0.3) is 0 Å². The van der Waals surface area contributed by atoms with Crippen LogP contribution in [-0.4, -0.2) is 23.2 Å². The minimum Gasteiger partial charge on any atom is -0.365 e. The molecule has 0 aromatic rings. The van der Waals surface area contributed by atoms with E-state index >= 15 is 0 Å². The van der Waals surface area contributed by atoms with Crippen LogP contribution in [0.4, 0.5) is 0 Å². The van der Waals surface area contributed by atoms with Crippen LogP contribution in [0.3, 0.4) is 0 Å². The second-order valence-electron chi connectivity index (χ2n) is 2.86. The Labute approximate surface area is 64.4 Å². The molecule has 0 radical (unpaired) electrons. The van der Waals surface area contributed by atoms with Crippen molar-refractivity contribution >= 4 is 11.8 Å². The molecule has 0 amide bonds. The lowest BCUT2D eigenvalue weighted by molar-refractivity contribution is 0.418. The van der Waals surface area contributed by atoms with Crippen molar-refractivity contribution in [3.63, 3.8) is 0 Å². The first kappa shape index (κ1) is 6.37. The maximum Gasteiger partial charge on any atom is 0.117 e. The maximum absolute atomic E-state index is 6.00. The van der Waals surface area contributed by atoms with Gasteiger partial charge in [0.1, 0.15) is 5.66 Å². The van der Waals surface area contributed by atoms with Gasteiger partial charge in [-0.2, -0.15) is 11.8 Å². The summed E-state index contributed by atoms with van der Waals surface area (Å²) in [5, 5.41) is 6.35. The molecule has 0 bridgehead atoms. The van der Waals surface area contributed by atoms with Gasteiger partial charge in [0.25, 0.3) is 0 Å². The summed E-state index contributed by atoms with van der Waals surface area (Å²) in [5.41, 5.74) is 5.78. The third-order valence-electron chi connectivity index (χ3n) is 1.98. The van der Waals surface area contributed by atoms with E-state index in [2.05, 4.69) is 17.2 Å². The molecule has 56 valence electrons. The molecule has 0 aromatic heterocycles. The van der Waals surface area contributed by atoms with E-state index in [0.717, 1.165) is 17.3 Å². The zero-order valence-corrected chi connectivity index (χ0v) is 6.50. The highest BCUT2D eigenvalue weighted by Crippen LogP contribution is 2.28. The first-order chi connectivity index (χ1) is 4.71. The number of hydrogen-bond donors (Lipinski definition) is 3. The Morgan fingerprint density at radius 3 is 3.30 bits per heavy atom. The van der Waals surface area contributed by atoms with Gasteiger partial charge in [-0.25, -0.2) is 0 Å². The summed E-state index contributed by atoms with van der Waals surface area (Å²) < 4.78 is 0. The Morgan fingerprint density at radius 1 is 1.80 bits per heavy atom. The van der Waals surface area contributed by atoms with Crippen LogP contribution < -0.4 is 16.4 Å². The SMILES string of the molecule is C=C1NC2CSCC2(N)N1. The summed E-state index contributed by atoms with van der Waals surface area (Å²) in [7, 11) is 0. The van der Waals surface area contributed by atoms with E-state index in [4.69, 9.17) is 5.73 Å². The molecule has 0 saturated carbocycles. The summed E-state index contributed by atoms with van der Waals surface area (Å²) in [4.78, 5) is 0. The second kappa shape index (κ2) is 1.83. The van der Waals surface area contributed by atoms with Gasteiger partial charge in [0.2, 0.25) is 0 Å². The number of nitrogens with two attached hydrogens (primary N) is 1. The molecule has 0 spiro atoms. The molecule has 2 aliphatic heterocycles. The summed E-state index contributed by atoms with van der Waals surface area (Å²) in [6.45, 7) is 3.77. The highest BCUT2D eigenvalue weighted by molar-refractivity contribution is 7.99. The van der Waals surface area contributed by atoms with Crippen molar-refractivity contribution in [1.29, 1.82) is 0 Å². The molecule has 0 aromatic carbocycles. The van der Waals surface area contributed by atoms with Crippen molar-refractivity contribution in [3.8, 4) is 0 Å². The van der Waals surface area contributed by atoms with E-state index < -0.39 is 0 Å². The molecule has 2 aliphatic rings. The molecular formula is C6H11N3S. The van der Waals surface area contributed by atoms with E-state index in [1.807, 2.05) is 11.8 Å². The van der Waals surface area contributed by atoms with Crippen LogP contribution in [0, 0.1) is 0 Å². The Hall–Kier alpha value is -0.350. The van der Waals surface area contributed by atoms with Crippen LogP contribution in [0.1, 0.15) is 0 Å². The minimum absolute atomic E-state index is 0.220. The molecular weight excluding hydrogens is 146 g/mol. The molecule has 2 fully saturated rings. The molecule has 2 saturated heterocycles. The zero-order valence-electron chi connectivity index (χ0n) is 5.68. The van der Waals surface area contributed by atoms with Gasteiger partial charge in [-0.05, 0) is 0 Å². The first-order valence-corrected chi connectivity index (χ1v) is 4.46. The average molecular weight is 157 g/mol. The van der Waals surface area contributed by atoms with Crippen molar-refractivity contribution in [3.05, 3.63) is 12.4 Å². The van der Waals surface area contributed by atoms with Gasteiger partial charge in [-0.15, -0.1) is 0 Å². The quantitative estimate of drug-likeness (QED) is 0.440. The Bertz CT molecular complexity index is 182. The van der Waals surface area contributed by atoms with Crippen LogP contribution in [-0.2, 0) is 0 Å². The van der Waals surface area contributed by atoms with E-state index in [0.29, 0.717) is 6.04 Å². The topological polar surface area (TPSA) is 50.1 Å². The van der Waals surface area contributed by atoms with Crippen LogP contribution in [0.2, 0.25) is 0 Å². The van der Waals surface area contributed by atoms with Crippen molar-refractivity contribution in [2.24, 2.45) is 5.73 Å². The van der Waals surface area contributed by atoms with Gasteiger partial charge in [0, 0.05) is 11.5 Å². The fraction of sp³-hybridized carbons (Fsp3) is 0.667. The van der Waals surface area contributed by atoms with Gasteiger partial charge in [-0.3, -0.25) is 0 Å². The van der Waals surface area contributed by atoms with Crippen LogP contribution >= 0.6 is 11.8 Å². The van der Waals surface area contributed by atoms with Gasteiger partial charge in [0.15, 0.2) is 0 Å². The van der Waals surface area contributed by atoms with Crippen molar-refractivity contribution in [2.45, 2.75) is 11.7 Å². The highest BCUT2D eigenvalue weighted by atomic mass is 32.2. The fourth-order valence-electron chi connectivity index (χ4n) is 1.42. The lowest BCUT2D eigenvalue weighted by atomic mass is 10.1. The number of hydrogen-bond acceptors (Lipinski definition) is 4. The largest absolute Gasteiger partial charge is 0.365 e.